The molecule has 41 heavy (non-hydrogen) atoms. The standard InChI is InChI=1S/C25H55FO8Si7/c1-14-15-20-36(2,3)31-40(10,11)33-38(6,7)29-35-30-39(8,9)34-41(12,13)32-37(4,5)21-16-19-28-23-17-18-25(27)24(26)22-23/h17-18,22,27H,14-16,19-21H2,1-13H3. The van der Waals surface area contributed by atoms with Gasteiger partial charge in [0.1, 0.15) is 5.75 Å². The summed E-state index contributed by atoms with van der Waals surface area (Å²) in [5, 5.41) is 9.32. The van der Waals surface area contributed by atoms with Crippen LogP contribution in [0.15, 0.2) is 18.2 Å². The third-order valence-electron chi connectivity index (χ3n) is 5.85. The largest absolute Gasteiger partial charge is 0.505 e. The Morgan fingerprint density at radius 2 is 1.15 bits per heavy atom. The van der Waals surface area contributed by atoms with Gasteiger partial charge in [0.25, 0.3) is 0 Å². The van der Waals surface area contributed by atoms with E-state index in [-0.39, 0.29) is 15.8 Å². The number of unbranched alkanes of at least 4 members (excludes halogenated alkanes) is 1. The lowest BCUT2D eigenvalue weighted by Crippen LogP contribution is -2.55. The molecular weight excluding hydrogens is 644 g/mol. The van der Waals surface area contributed by atoms with Crippen molar-refractivity contribution < 1.29 is 38.9 Å². The summed E-state index contributed by atoms with van der Waals surface area (Å²) in [6.45, 7) is 28.1. The van der Waals surface area contributed by atoms with Crippen molar-refractivity contribution in [2.45, 2.75) is 117 Å². The van der Waals surface area contributed by atoms with Gasteiger partial charge < -0.3 is 34.5 Å². The molecular formula is C25H55FO8Si7. The van der Waals surface area contributed by atoms with Gasteiger partial charge in [0, 0.05) is 6.07 Å². The first-order valence-electron chi connectivity index (χ1n) is 14.5. The van der Waals surface area contributed by atoms with Crippen molar-refractivity contribution in [3.63, 3.8) is 0 Å². The van der Waals surface area contributed by atoms with Crippen LogP contribution in [0.2, 0.25) is 90.7 Å². The Morgan fingerprint density at radius 1 is 0.683 bits per heavy atom. The van der Waals surface area contributed by atoms with E-state index in [1.807, 2.05) is 13.1 Å². The lowest BCUT2D eigenvalue weighted by atomic mass is 10.3. The number of halogens is 1. The highest BCUT2D eigenvalue weighted by Gasteiger charge is 2.43. The van der Waals surface area contributed by atoms with E-state index in [1.165, 1.54) is 25.0 Å². The molecule has 1 aromatic rings. The highest BCUT2D eigenvalue weighted by molar-refractivity contribution is 6.88. The first kappa shape index (κ1) is 39.1. The number of hydrogen-bond donors (Lipinski definition) is 1. The van der Waals surface area contributed by atoms with E-state index in [0.29, 0.717) is 12.4 Å². The maximum absolute atomic E-state index is 13.5. The van der Waals surface area contributed by atoms with Gasteiger partial charge >= 0.3 is 44.3 Å². The Balaban J connectivity index is 2.53. The van der Waals surface area contributed by atoms with Gasteiger partial charge in [-0.15, -0.1) is 0 Å². The molecule has 1 aromatic carbocycles. The number of phenols is 1. The molecule has 1 N–H and O–H groups in total. The zero-order chi connectivity index (χ0) is 31.8. The lowest BCUT2D eigenvalue weighted by Gasteiger charge is -2.39. The van der Waals surface area contributed by atoms with Gasteiger partial charge in [0.15, 0.2) is 28.2 Å². The minimum absolute atomic E-state index is 0.162. The van der Waals surface area contributed by atoms with Crippen LogP contribution in [0.25, 0.3) is 0 Å². The molecule has 0 atom stereocenters. The van der Waals surface area contributed by atoms with Gasteiger partial charge in [-0.1, -0.05) is 19.8 Å². The van der Waals surface area contributed by atoms with E-state index >= 15 is 0 Å². The van der Waals surface area contributed by atoms with Crippen molar-refractivity contribution in [3.8, 4) is 11.5 Å². The third kappa shape index (κ3) is 17.2. The fourth-order valence-electron chi connectivity index (χ4n) is 4.79. The molecule has 0 fully saturated rings. The zero-order valence-corrected chi connectivity index (χ0v) is 34.7. The number of aromatic hydroxyl groups is 1. The lowest BCUT2D eigenvalue weighted by molar-refractivity contribution is 0.293. The molecule has 2 radical (unpaired) electrons. The van der Waals surface area contributed by atoms with Gasteiger partial charge in [-0.25, -0.2) is 4.39 Å². The van der Waals surface area contributed by atoms with Crippen LogP contribution in [0.4, 0.5) is 4.39 Å². The van der Waals surface area contributed by atoms with E-state index in [2.05, 4.69) is 72.4 Å². The predicted octanol–water partition coefficient (Wildman–Crippen LogP) is 7.95. The second-order valence-corrected chi connectivity index (χ2v) is 37.8. The molecule has 0 heterocycles. The van der Waals surface area contributed by atoms with Gasteiger partial charge in [0.05, 0.1) is 6.61 Å². The fraction of sp³-hybridized carbons (Fsp3) is 0.760. The molecule has 0 aliphatic heterocycles. The Morgan fingerprint density at radius 3 is 1.59 bits per heavy atom. The maximum Gasteiger partial charge on any atom is 0.413 e. The van der Waals surface area contributed by atoms with Crippen LogP contribution in [-0.2, 0) is 24.7 Å². The Hall–Kier alpha value is 0.0282. The molecule has 238 valence electrons. The monoisotopic (exact) mass is 698 g/mol. The minimum Gasteiger partial charge on any atom is -0.505 e. The minimum atomic E-state index is -2.52. The molecule has 0 saturated carbocycles. The summed E-state index contributed by atoms with van der Waals surface area (Å²) in [7, 11) is -13.8. The molecule has 0 aliphatic rings. The second-order valence-electron chi connectivity index (χ2n) is 13.5. The first-order chi connectivity index (χ1) is 18.5. The summed E-state index contributed by atoms with van der Waals surface area (Å²) in [5.41, 5.74) is 0. The van der Waals surface area contributed by atoms with E-state index in [4.69, 9.17) is 29.4 Å². The average molecular weight is 699 g/mol. The summed E-state index contributed by atoms with van der Waals surface area (Å²) in [4.78, 5) is 0. The highest BCUT2D eigenvalue weighted by atomic mass is 28.5. The van der Waals surface area contributed by atoms with Crippen LogP contribution in [-0.4, -0.2) is 72.6 Å². The summed E-state index contributed by atoms with van der Waals surface area (Å²) >= 11 is 0. The smallest absolute Gasteiger partial charge is 0.413 e. The topological polar surface area (TPSA) is 84.8 Å². The Kier molecular flexibility index (Phi) is 15.1. The van der Waals surface area contributed by atoms with Gasteiger partial charge in [-0.2, -0.15) is 0 Å². The number of hydrogen-bond acceptors (Lipinski definition) is 8. The molecule has 0 saturated heterocycles. The summed E-state index contributed by atoms with van der Waals surface area (Å²) in [6, 6.07) is 6.06. The molecule has 0 spiro atoms. The normalized spacial score (nSPS) is 14.0. The summed E-state index contributed by atoms with van der Waals surface area (Å²) in [5.74, 6) is -0.668. The van der Waals surface area contributed by atoms with Crippen molar-refractivity contribution >= 4 is 60.9 Å². The van der Waals surface area contributed by atoms with Crippen LogP contribution in [0, 0.1) is 5.82 Å². The SMILES string of the molecule is CCCC[Si](C)(C)O[Si](C)(C)O[Si](C)(C)O[Si]O[Si](C)(C)O[Si](C)(C)O[Si](C)(C)CCCOc1ccc(O)c(F)c1. The van der Waals surface area contributed by atoms with Gasteiger partial charge in [-0.3, -0.25) is 0 Å². The van der Waals surface area contributed by atoms with Crippen molar-refractivity contribution in [3.05, 3.63) is 24.0 Å². The number of phenolic OH excluding ortho intramolecular Hbond substituents is 1. The molecule has 0 bridgehead atoms. The second kappa shape index (κ2) is 15.8. The van der Waals surface area contributed by atoms with Crippen LogP contribution in [0.3, 0.4) is 0 Å². The molecule has 0 aromatic heterocycles. The number of benzene rings is 1. The molecule has 0 unspecified atom stereocenters. The maximum atomic E-state index is 13.5. The quantitative estimate of drug-likeness (QED) is 0.109. The highest BCUT2D eigenvalue weighted by Crippen LogP contribution is 2.27. The third-order valence-corrected chi connectivity index (χ3v) is 29.8. The molecule has 0 aliphatic carbocycles. The van der Waals surface area contributed by atoms with Crippen LogP contribution in [0.1, 0.15) is 26.2 Å². The van der Waals surface area contributed by atoms with Crippen LogP contribution >= 0.6 is 0 Å². The molecule has 0 amide bonds. The van der Waals surface area contributed by atoms with Crippen molar-refractivity contribution in [2.24, 2.45) is 0 Å². The number of rotatable bonds is 20. The van der Waals surface area contributed by atoms with Gasteiger partial charge in [0.2, 0.25) is 0 Å². The Bertz CT molecular complexity index is 949. The number of ether oxygens (including phenoxy) is 1. The van der Waals surface area contributed by atoms with E-state index in [0.717, 1.165) is 18.5 Å². The van der Waals surface area contributed by atoms with E-state index in [1.54, 1.807) is 6.07 Å². The van der Waals surface area contributed by atoms with Crippen LogP contribution in [0.5, 0.6) is 11.5 Å². The van der Waals surface area contributed by atoms with Crippen molar-refractivity contribution in [1.29, 1.82) is 0 Å². The Labute approximate surface area is 257 Å². The molecule has 1 rings (SSSR count). The average Bonchev–Trinajstić information content (AvgIpc) is 2.74. The molecule has 8 nitrogen and oxygen atoms in total. The van der Waals surface area contributed by atoms with Gasteiger partial charge in [-0.05, 0) is 109 Å². The van der Waals surface area contributed by atoms with Crippen molar-refractivity contribution in [2.75, 3.05) is 6.61 Å². The summed E-state index contributed by atoms with van der Waals surface area (Å²) in [6.07, 6.45) is 3.15. The van der Waals surface area contributed by atoms with E-state index < -0.39 is 56.7 Å². The first-order valence-corrected chi connectivity index (χ1v) is 32.8. The summed E-state index contributed by atoms with van der Waals surface area (Å²) < 4.78 is 57.9. The predicted molar refractivity (Wildman–Crippen MR) is 180 cm³/mol. The fourth-order valence-corrected chi connectivity index (χ4v) is 32.2. The van der Waals surface area contributed by atoms with E-state index in [9.17, 15) is 9.50 Å². The van der Waals surface area contributed by atoms with Crippen LogP contribution < -0.4 is 4.74 Å². The molecule has 16 heteroatoms. The van der Waals surface area contributed by atoms with Crippen molar-refractivity contribution in [1.82, 2.24) is 0 Å². The zero-order valence-electron chi connectivity index (χ0n) is 27.7.